The molecule has 0 atom stereocenters. The first-order valence-corrected chi connectivity index (χ1v) is 8.41. The van der Waals surface area contributed by atoms with Gasteiger partial charge >= 0.3 is 0 Å². The number of aryl methyl sites for hydroxylation is 1. The summed E-state index contributed by atoms with van der Waals surface area (Å²) in [5, 5.41) is 4.21. The van der Waals surface area contributed by atoms with Crippen molar-refractivity contribution in [1.82, 2.24) is 5.32 Å². The summed E-state index contributed by atoms with van der Waals surface area (Å²) in [7, 11) is 0. The van der Waals surface area contributed by atoms with Crippen LogP contribution in [0.5, 0.6) is 5.75 Å². The Kier molecular flexibility index (Phi) is 6.09. The number of hydrogen-bond donors (Lipinski definition) is 1. The minimum Gasteiger partial charge on any atom is -0.489 e. The molecule has 0 spiro atoms. The molecular weight excluding hydrogens is 302 g/mol. The monoisotopic (exact) mass is 323 g/mol. The molecular formula is C17H22ClNOS. The fourth-order valence-electron chi connectivity index (χ4n) is 1.99. The van der Waals surface area contributed by atoms with E-state index >= 15 is 0 Å². The molecule has 0 unspecified atom stereocenters. The van der Waals surface area contributed by atoms with Crippen LogP contribution in [-0.2, 0) is 13.2 Å². The number of nitrogens with one attached hydrogen (secondary N) is 1. The Labute approximate surface area is 136 Å². The van der Waals surface area contributed by atoms with Gasteiger partial charge in [-0.25, -0.2) is 0 Å². The predicted molar refractivity (Wildman–Crippen MR) is 91.4 cm³/mol. The highest BCUT2D eigenvalue weighted by atomic mass is 35.5. The largest absolute Gasteiger partial charge is 0.489 e. The molecule has 0 saturated carbocycles. The molecule has 21 heavy (non-hydrogen) atoms. The third-order valence-corrected chi connectivity index (χ3v) is 4.48. The first kappa shape index (κ1) is 16.3. The SMILES string of the molecule is Cc1sc(CNCC(C)C)cc1COc1ccc(Cl)cc1. The van der Waals surface area contributed by atoms with Gasteiger partial charge in [-0.3, -0.25) is 0 Å². The Morgan fingerprint density at radius 1 is 1.24 bits per heavy atom. The number of halogens is 1. The standard InChI is InChI=1S/C17H22ClNOS/c1-12(2)9-19-10-17-8-14(13(3)21-17)11-20-16-6-4-15(18)5-7-16/h4-8,12,19H,9-11H2,1-3H3. The minimum atomic E-state index is 0.605. The molecule has 0 amide bonds. The van der Waals surface area contributed by atoms with E-state index in [4.69, 9.17) is 16.3 Å². The Morgan fingerprint density at radius 3 is 2.62 bits per heavy atom. The van der Waals surface area contributed by atoms with E-state index in [0.717, 1.165) is 23.9 Å². The second-order valence-corrected chi connectivity index (χ2v) is 7.34. The summed E-state index contributed by atoms with van der Waals surface area (Å²) in [6, 6.07) is 9.73. The molecule has 0 fully saturated rings. The van der Waals surface area contributed by atoms with E-state index in [0.29, 0.717) is 12.5 Å². The van der Waals surface area contributed by atoms with Crippen molar-refractivity contribution in [3.8, 4) is 5.75 Å². The maximum atomic E-state index is 5.87. The molecule has 0 saturated heterocycles. The van der Waals surface area contributed by atoms with Crippen LogP contribution >= 0.6 is 22.9 Å². The fraction of sp³-hybridized carbons (Fsp3) is 0.412. The van der Waals surface area contributed by atoms with Crippen molar-refractivity contribution in [2.24, 2.45) is 5.92 Å². The third-order valence-electron chi connectivity index (χ3n) is 3.13. The zero-order valence-corrected chi connectivity index (χ0v) is 14.4. The zero-order valence-electron chi connectivity index (χ0n) is 12.8. The molecule has 1 heterocycles. The molecule has 0 aliphatic heterocycles. The van der Waals surface area contributed by atoms with Crippen LogP contribution in [0.25, 0.3) is 0 Å². The Hall–Kier alpha value is -1.03. The molecule has 1 N–H and O–H groups in total. The molecule has 0 aliphatic carbocycles. The van der Waals surface area contributed by atoms with Crippen LogP contribution in [0.4, 0.5) is 0 Å². The average Bonchev–Trinajstić information content (AvgIpc) is 2.78. The first-order valence-electron chi connectivity index (χ1n) is 7.22. The normalized spacial score (nSPS) is 11.1. The minimum absolute atomic E-state index is 0.605. The Morgan fingerprint density at radius 2 is 1.95 bits per heavy atom. The third kappa shape index (κ3) is 5.34. The Bertz CT molecular complexity index is 563. The zero-order chi connectivity index (χ0) is 15.2. The van der Waals surface area contributed by atoms with Crippen LogP contribution in [0.3, 0.4) is 0 Å². The predicted octanol–water partition coefficient (Wildman–Crippen LogP) is 5.03. The highest BCUT2D eigenvalue weighted by Gasteiger charge is 2.06. The van der Waals surface area contributed by atoms with Gasteiger partial charge in [-0.05, 0) is 49.7 Å². The van der Waals surface area contributed by atoms with Crippen LogP contribution in [0.15, 0.2) is 30.3 Å². The number of hydrogen-bond acceptors (Lipinski definition) is 3. The van der Waals surface area contributed by atoms with Gasteiger partial charge < -0.3 is 10.1 Å². The maximum absolute atomic E-state index is 5.87. The number of thiophene rings is 1. The molecule has 4 heteroatoms. The van der Waals surface area contributed by atoms with Gasteiger partial charge in [0, 0.05) is 26.9 Å². The second-order valence-electron chi connectivity index (χ2n) is 5.56. The highest BCUT2D eigenvalue weighted by Crippen LogP contribution is 2.24. The average molecular weight is 324 g/mol. The van der Waals surface area contributed by atoms with Gasteiger partial charge in [0.05, 0.1) is 0 Å². The summed E-state index contributed by atoms with van der Waals surface area (Å²) in [4.78, 5) is 2.69. The molecule has 0 radical (unpaired) electrons. The van der Waals surface area contributed by atoms with Gasteiger partial charge in [0.1, 0.15) is 12.4 Å². The Balaban J connectivity index is 1.88. The lowest BCUT2D eigenvalue weighted by Crippen LogP contribution is -2.18. The van der Waals surface area contributed by atoms with Gasteiger partial charge in [0.15, 0.2) is 0 Å². The smallest absolute Gasteiger partial charge is 0.119 e. The van der Waals surface area contributed by atoms with Crippen molar-refractivity contribution < 1.29 is 4.74 Å². The van der Waals surface area contributed by atoms with Gasteiger partial charge in [-0.1, -0.05) is 25.4 Å². The van der Waals surface area contributed by atoms with Crippen molar-refractivity contribution in [2.75, 3.05) is 6.54 Å². The molecule has 0 aliphatic rings. The topological polar surface area (TPSA) is 21.3 Å². The summed E-state index contributed by atoms with van der Waals surface area (Å²) < 4.78 is 5.81. The van der Waals surface area contributed by atoms with Crippen LogP contribution in [0, 0.1) is 12.8 Å². The summed E-state index contributed by atoms with van der Waals surface area (Å²) in [6.07, 6.45) is 0. The van der Waals surface area contributed by atoms with Crippen molar-refractivity contribution in [2.45, 2.75) is 33.9 Å². The summed E-state index contributed by atoms with van der Waals surface area (Å²) in [5.41, 5.74) is 1.26. The van der Waals surface area contributed by atoms with E-state index in [1.807, 2.05) is 35.6 Å². The molecule has 114 valence electrons. The molecule has 1 aromatic carbocycles. The molecule has 2 nitrogen and oxygen atoms in total. The molecule has 2 rings (SSSR count). The summed E-state index contributed by atoms with van der Waals surface area (Å²) >= 11 is 7.71. The van der Waals surface area contributed by atoms with Gasteiger partial charge in [-0.2, -0.15) is 0 Å². The van der Waals surface area contributed by atoms with E-state index in [9.17, 15) is 0 Å². The lowest BCUT2D eigenvalue weighted by atomic mass is 10.2. The maximum Gasteiger partial charge on any atom is 0.119 e. The number of benzene rings is 1. The van der Waals surface area contributed by atoms with E-state index < -0.39 is 0 Å². The van der Waals surface area contributed by atoms with Crippen molar-refractivity contribution in [1.29, 1.82) is 0 Å². The van der Waals surface area contributed by atoms with Gasteiger partial charge in [0.25, 0.3) is 0 Å². The summed E-state index contributed by atoms with van der Waals surface area (Å²) in [5.74, 6) is 1.53. The first-order chi connectivity index (χ1) is 10.0. The van der Waals surface area contributed by atoms with Crippen LogP contribution in [-0.4, -0.2) is 6.54 Å². The number of ether oxygens (including phenoxy) is 1. The molecule has 2 aromatic rings. The van der Waals surface area contributed by atoms with Crippen molar-refractivity contribution >= 4 is 22.9 Å². The van der Waals surface area contributed by atoms with E-state index in [1.54, 1.807) is 0 Å². The fourth-order valence-corrected chi connectivity index (χ4v) is 3.14. The molecule has 1 aromatic heterocycles. The lowest BCUT2D eigenvalue weighted by Gasteiger charge is -2.06. The van der Waals surface area contributed by atoms with E-state index in [2.05, 4.69) is 32.2 Å². The highest BCUT2D eigenvalue weighted by molar-refractivity contribution is 7.12. The number of rotatable bonds is 7. The van der Waals surface area contributed by atoms with Gasteiger partial charge in [0.2, 0.25) is 0 Å². The van der Waals surface area contributed by atoms with Crippen LogP contribution in [0.2, 0.25) is 5.02 Å². The lowest BCUT2D eigenvalue weighted by molar-refractivity contribution is 0.306. The van der Waals surface area contributed by atoms with E-state index in [1.165, 1.54) is 15.3 Å². The van der Waals surface area contributed by atoms with Gasteiger partial charge in [-0.15, -0.1) is 11.3 Å². The van der Waals surface area contributed by atoms with E-state index in [-0.39, 0.29) is 0 Å². The molecule has 0 bridgehead atoms. The second kappa shape index (κ2) is 7.83. The summed E-state index contributed by atoms with van der Waals surface area (Å²) in [6.45, 7) is 9.18. The van der Waals surface area contributed by atoms with Crippen molar-refractivity contribution in [3.05, 3.63) is 50.7 Å². The van der Waals surface area contributed by atoms with Crippen molar-refractivity contribution in [3.63, 3.8) is 0 Å². The quantitative estimate of drug-likeness (QED) is 0.771. The van der Waals surface area contributed by atoms with Crippen LogP contribution < -0.4 is 10.1 Å². The van der Waals surface area contributed by atoms with Crippen LogP contribution in [0.1, 0.15) is 29.2 Å².